The van der Waals surface area contributed by atoms with Gasteiger partial charge in [-0.15, -0.1) is 11.8 Å². The first-order valence-electron chi connectivity index (χ1n) is 6.61. The number of nitriles is 1. The van der Waals surface area contributed by atoms with E-state index in [4.69, 9.17) is 17.3 Å². The minimum atomic E-state index is -0.359. The van der Waals surface area contributed by atoms with Gasteiger partial charge in [-0.05, 0) is 24.6 Å². The number of hydrogen-bond donors (Lipinski definition) is 2. The number of aliphatic hydroxyl groups is 1. The maximum absolute atomic E-state index is 9.23. The van der Waals surface area contributed by atoms with Crippen LogP contribution in [0.3, 0.4) is 0 Å². The zero-order valence-corrected chi connectivity index (χ0v) is 13.3. The van der Waals surface area contributed by atoms with Crippen molar-refractivity contribution in [2.75, 3.05) is 6.61 Å². The lowest BCUT2D eigenvalue weighted by atomic mass is 10.1. The highest BCUT2D eigenvalue weighted by atomic mass is 35.5. The van der Waals surface area contributed by atoms with Crippen LogP contribution < -0.4 is 5.73 Å². The molecule has 22 heavy (non-hydrogen) atoms. The van der Waals surface area contributed by atoms with Crippen LogP contribution in [0.1, 0.15) is 22.8 Å². The molecule has 0 radical (unpaired) electrons. The molecular formula is C15H15ClN4OS. The highest BCUT2D eigenvalue weighted by Crippen LogP contribution is 2.40. The van der Waals surface area contributed by atoms with E-state index in [1.807, 2.05) is 0 Å². The number of nitrogens with zero attached hydrogens (tertiary/aromatic N) is 3. The molecule has 0 aliphatic carbocycles. The van der Waals surface area contributed by atoms with Gasteiger partial charge in [-0.25, -0.2) is 9.97 Å². The molecule has 1 heterocycles. The third-order valence-corrected chi connectivity index (χ3v) is 4.61. The van der Waals surface area contributed by atoms with E-state index in [1.165, 1.54) is 18.1 Å². The SMILES string of the molecule is N#Cc1ccc(Cl)cc1S[C@H](C[C@H](N)CO)c1cncnc1. The van der Waals surface area contributed by atoms with Crippen molar-refractivity contribution in [1.82, 2.24) is 9.97 Å². The topological polar surface area (TPSA) is 95.8 Å². The minimum Gasteiger partial charge on any atom is -0.395 e. The molecule has 3 N–H and O–H groups in total. The monoisotopic (exact) mass is 334 g/mol. The highest BCUT2D eigenvalue weighted by Gasteiger charge is 2.19. The summed E-state index contributed by atoms with van der Waals surface area (Å²) in [4.78, 5) is 8.82. The molecular weight excluding hydrogens is 320 g/mol. The van der Waals surface area contributed by atoms with Crippen molar-refractivity contribution >= 4 is 23.4 Å². The first kappa shape index (κ1) is 16.7. The Morgan fingerprint density at radius 1 is 1.36 bits per heavy atom. The fourth-order valence-electron chi connectivity index (χ4n) is 1.92. The smallest absolute Gasteiger partial charge is 0.115 e. The van der Waals surface area contributed by atoms with Crippen LogP contribution in [0.2, 0.25) is 5.02 Å². The Morgan fingerprint density at radius 2 is 2.09 bits per heavy atom. The molecule has 2 aromatic rings. The Balaban J connectivity index is 2.31. The number of hydrogen-bond acceptors (Lipinski definition) is 6. The zero-order valence-electron chi connectivity index (χ0n) is 11.7. The standard InChI is InChI=1S/C15H15ClN4OS/c16-12-2-1-10(5-17)14(3-12)22-15(4-13(18)8-21)11-6-19-9-20-7-11/h1-3,6-7,9,13,15,21H,4,8,18H2/t13-,15+/m0/s1. The molecule has 0 spiro atoms. The van der Waals surface area contributed by atoms with Gasteiger partial charge in [0.05, 0.1) is 12.2 Å². The van der Waals surface area contributed by atoms with Gasteiger partial charge in [0.2, 0.25) is 0 Å². The van der Waals surface area contributed by atoms with Crippen molar-refractivity contribution in [2.45, 2.75) is 22.6 Å². The Labute approximate surface area is 138 Å². The first-order valence-corrected chi connectivity index (χ1v) is 7.87. The lowest BCUT2D eigenvalue weighted by molar-refractivity contribution is 0.259. The molecule has 5 nitrogen and oxygen atoms in total. The zero-order chi connectivity index (χ0) is 15.9. The van der Waals surface area contributed by atoms with Crippen molar-refractivity contribution in [1.29, 1.82) is 5.26 Å². The van der Waals surface area contributed by atoms with Crippen LogP contribution in [0.15, 0.2) is 41.8 Å². The van der Waals surface area contributed by atoms with Crippen molar-refractivity contribution in [3.05, 3.63) is 53.1 Å². The molecule has 0 bridgehead atoms. The average Bonchev–Trinajstić information content (AvgIpc) is 2.55. The Bertz CT molecular complexity index is 662. The molecule has 0 aliphatic heterocycles. The summed E-state index contributed by atoms with van der Waals surface area (Å²) >= 11 is 7.50. The number of benzene rings is 1. The number of nitrogens with two attached hydrogens (primary N) is 1. The largest absolute Gasteiger partial charge is 0.395 e. The van der Waals surface area contributed by atoms with Gasteiger partial charge in [0.25, 0.3) is 0 Å². The van der Waals surface area contributed by atoms with E-state index in [0.29, 0.717) is 17.0 Å². The molecule has 0 amide bonds. The first-order chi connectivity index (χ1) is 10.6. The van der Waals surface area contributed by atoms with E-state index >= 15 is 0 Å². The van der Waals surface area contributed by atoms with E-state index < -0.39 is 0 Å². The number of halogens is 1. The Morgan fingerprint density at radius 3 is 2.73 bits per heavy atom. The van der Waals surface area contributed by atoms with Gasteiger partial charge in [-0.3, -0.25) is 0 Å². The summed E-state index contributed by atoms with van der Waals surface area (Å²) in [6, 6.07) is 6.93. The lowest BCUT2D eigenvalue weighted by Crippen LogP contribution is -2.26. The summed E-state index contributed by atoms with van der Waals surface area (Å²) < 4.78 is 0. The lowest BCUT2D eigenvalue weighted by Gasteiger charge is -2.20. The van der Waals surface area contributed by atoms with Crippen LogP contribution in [0.4, 0.5) is 0 Å². The van der Waals surface area contributed by atoms with Gasteiger partial charge in [-0.1, -0.05) is 11.6 Å². The summed E-state index contributed by atoms with van der Waals surface area (Å²) in [6.45, 7) is -0.106. The van der Waals surface area contributed by atoms with E-state index in [1.54, 1.807) is 30.6 Å². The van der Waals surface area contributed by atoms with Gasteiger partial charge in [0.15, 0.2) is 0 Å². The third-order valence-electron chi connectivity index (χ3n) is 3.04. The second kappa shape index (κ2) is 8.11. The second-order valence-electron chi connectivity index (χ2n) is 4.71. The fraction of sp³-hybridized carbons (Fsp3) is 0.267. The average molecular weight is 335 g/mol. The summed E-state index contributed by atoms with van der Waals surface area (Å²) in [5.41, 5.74) is 7.31. The number of rotatable bonds is 6. The quantitative estimate of drug-likeness (QED) is 0.788. The second-order valence-corrected chi connectivity index (χ2v) is 6.39. The summed E-state index contributed by atoms with van der Waals surface area (Å²) in [6.07, 6.45) is 5.42. The number of thioether (sulfide) groups is 1. The minimum absolute atomic E-state index is 0.0751. The van der Waals surface area contributed by atoms with Crippen LogP contribution in [0, 0.1) is 11.3 Å². The van der Waals surface area contributed by atoms with Crippen LogP contribution in [0.25, 0.3) is 0 Å². The normalized spacial score (nSPS) is 13.4. The van der Waals surface area contributed by atoms with Crippen LogP contribution in [-0.4, -0.2) is 27.7 Å². The van der Waals surface area contributed by atoms with Crippen LogP contribution in [-0.2, 0) is 0 Å². The Kier molecular flexibility index (Phi) is 6.16. The van der Waals surface area contributed by atoms with Gasteiger partial charge in [0, 0.05) is 39.2 Å². The summed E-state index contributed by atoms with van der Waals surface area (Å²) in [5, 5.41) is 18.9. The molecule has 7 heteroatoms. The molecule has 1 aromatic heterocycles. The molecule has 0 aliphatic rings. The predicted octanol–water partition coefficient (Wildman–Crippen LogP) is 2.54. The molecule has 0 fully saturated rings. The third kappa shape index (κ3) is 4.42. The predicted molar refractivity (Wildman–Crippen MR) is 86.5 cm³/mol. The van der Waals surface area contributed by atoms with Crippen LogP contribution >= 0.6 is 23.4 Å². The van der Waals surface area contributed by atoms with E-state index in [9.17, 15) is 10.4 Å². The van der Waals surface area contributed by atoms with Gasteiger partial charge in [0.1, 0.15) is 12.4 Å². The summed E-state index contributed by atoms with van der Waals surface area (Å²) in [7, 11) is 0. The highest BCUT2D eigenvalue weighted by molar-refractivity contribution is 7.99. The van der Waals surface area contributed by atoms with Crippen molar-refractivity contribution in [3.63, 3.8) is 0 Å². The fourth-order valence-corrected chi connectivity index (χ4v) is 3.50. The molecule has 0 saturated carbocycles. The van der Waals surface area contributed by atoms with E-state index in [2.05, 4.69) is 16.0 Å². The van der Waals surface area contributed by atoms with Crippen molar-refractivity contribution in [3.8, 4) is 6.07 Å². The Hall–Kier alpha value is -1.65. The maximum Gasteiger partial charge on any atom is 0.115 e. The van der Waals surface area contributed by atoms with E-state index in [0.717, 1.165) is 10.5 Å². The number of aromatic nitrogens is 2. The molecule has 1 aromatic carbocycles. The van der Waals surface area contributed by atoms with E-state index in [-0.39, 0.29) is 17.9 Å². The maximum atomic E-state index is 9.23. The molecule has 2 atom stereocenters. The van der Waals surface area contributed by atoms with Crippen molar-refractivity contribution < 1.29 is 5.11 Å². The molecule has 0 unspecified atom stereocenters. The van der Waals surface area contributed by atoms with Crippen molar-refractivity contribution in [2.24, 2.45) is 5.73 Å². The molecule has 2 rings (SSSR count). The molecule has 0 saturated heterocycles. The van der Waals surface area contributed by atoms with Gasteiger partial charge < -0.3 is 10.8 Å². The molecule has 114 valence electrons. The van der Waals surface area contributed by atoms with Gasteiger partial charge >= 0.3 is 0 Å². The van der Waals surface area contributed by atoms with Gasteiger partial charge in [-0.2, -0.15) is 5.26 Å². The van der Waals surface area contributed by atoms with Crippen LogP contribution in [0.5, 0.6) is 0 Å². The number of aliphatic hydroxyl groups excluding tert-OH is 1. The summed E-state index contributed by atoms with van der Waals surface area (Å²) in [5.74, 6) is 0.